The van der Waals surface area contributed by atoms with Gasteiger partial charge in [0.15, 0.2) is 11.5 Å². The number of carboxylic acids is 1. The number of rotatable bonds is 12. The average Bonchev–Trinajstić information content (AvgIpc) is 2.86. The van der Waals surface area contributed by atoms with Crippen LogP contribution in [0.3, 0.4) is 0 Å². The van der Waals surface area contributed by atoms with Gasteiger partial charge in [-0.05, 0) is 68.1 Å². The van der Waals surface area contributed by atoms with Crippen molar-refractivity contribution in [2.75, 3.05) is 6.61 Å². The van der Waals surface area contributed by atoms with Crippen molar-refractivity contribution in [3.63, 3.8) is 0 Å². The Morgan fingerprint density at radius 2 is 1.78 bits per heavy atom. The number of ether oxygens (including phenoxy) is 2. The smallest absolute Gasteiger partial charge is 0.416 e. The van der Waals surface area contributed by atoms with E-state index < -0.39 is 23.8 Å². The van der Waals surface area contributed by atoms with Gasteiger partial charge < -0.3 is 14.6 Å². The first kappa shape index (κ1) is 27.0. The van der Waals surface area contributed by atoms with Crippen molar-refractivity contribution in [3.8, 4) is 22.8 Å². The normalized spacial score (nSPS) is 12.2. The second kappa shape index (κ2) is 12.4. The van der Waals surface area contributed by atoms with E-state index >= 15 is 0 Å². The number of benzene rings is 2. The average molecular weight is 502 g/mol. The fraction of sp³-hybridized carbons (Fsp3) is 0.357. The lowest BCUT2D eigenvalue weighted by Crippen LogP contribution is -2.11. The molecule has 0 amide bonds. The van der Waals surface area contributed by atoms with Crippen molar-refractivity contribution in [1.82, 2.24) is 4.98 Å². The van der Waals surface area contributed by atoms with Crippen LogP contribution in [0.4, 0.5) is 13.2 Å². The summed E-state index contributed by atoms with van der Waals surface area (Å²) < 4.78 is 51.0. The number of hydrogen-bond donors (Lipinski definition) is 1. The highest BCUT2D eigenvalue weighted by Gasteiger charge is 2.30. The van der Waals surface area contributed by atoms with Gasteiger partial charge in [0.05, 0.1) is 23.6 Å². The summed E-state index contributed by atoms with van der Waals surface area (Å²) in [5.74, 6) is 0.187. The van der Waals surface area contributed by atoms with Crippen LogP contribution in [0, 0.1) is 0 Å². The molecule has 1 aromatic heterocycles. The first-order chi connectivity index (χ1) is 17.2. The van der Waals surface area contributed by atoms with E-state index in [1.54, 1.807) is 18.2 Å². The molecule has 0 saturated carbocycles. The van der Waals surface area contributed by atoms with Gasteiger partial charge in [-0.3, -0.25) is 4.79 Å². The van der Waals surface area contributed by atoms with Crippen LogP contribution in [0.15, 0.2) is 60.7 Å². The number of carboxylic acid groups (broad SMARTS) is 1. The molecule has 8 heteroatoms. The number of carbonyl (C=O) groups is 1. The molecule has 0 aliphatic carbocycles. The second-order valence-corrected chi connectivity index (χ2v) is 8.38. The third-order valence-corrected chi connectivity index (χ3v) is 5.63. The molecule has 1 atom stereocenters. The third-order valence-electron chi connectivity index (χ3n) is 5.63. The highest BCUT2D eigenvalue weighted by molar-refractivity contribution is 5.67. The molecule has 0 radical (unpaired) electrons. The summed E-state index contributed by atoms with van der Waals surface area (Å²) >= 11 is 0. The predicted octanol–water partition coefficient (Wildman–Crippen LogP) is 7.49. The summed E-state index contributed by atoms with van der Waals surface area (Å²) in [6.45, 7) is 4.35. The van der Waals surface area contributed by atoms with Crippen molar-refractivity contribution in [2.45, 2.75) is 58.2 Å². The molecule has 0 bridgehead atoms. The Labute approximate surface area is 208 Å². The zero-order chi connectivity index (χ0) is 26.1. The van der Waals surface area contributed by atoms with E-state index in [-0.39, 0.29) is 6.42 Å². The molecular formula is C28H30F3NO4. The summed E-state index contributed by atoms with van der Waals surface area (Å²) in [6, 6.07) is 15.7. The van der Waals surface area contributed by atoms with E-state index in [1.165, 1.54) is 12.1 Å². The summed E-state index contributed by atoms with van der Waals surface area (Å²) in [7, 11) is 0. The second-order valence-electron chi connectivity index (χ2n) is 8.38. The van der Waals surface area contributed by atoms with Crippen molar-refractivity contribution < 1.29 is 32.5 Å². The number of aromatic nitrogens is 1. The highest BCUT2D eigenvalue weighted by Crippen LogP contribution is 2.35. The Kier molecular flexibility index (Phi) is 9.33. The van der Waals surface area contributed by atoms with Crippen LogP contribution in [0.2, 0.25) is 0 Å². The van der Waals surface area contributed by atoms with Crippen LogP contribution >= 0.6 is 0 Å². The minimum atomic E-state index is -4.39. The molecule has 36 heavy (non-hydrogen) atoms. The van der Waals surface area contributed by atoms with E-state index in [4.69, 9.17) is 19.6 Å². The zero-order valence-electron chi connectivity index (χ0n) is 20.3. The molecule has 1 N–H and O–H groups in total. The van der Waals surface area contributed by atoms with Gasteiger partial charge in [0.1, 0.15) is 6.10 Å². The van der Waals surface area contributed by atoms with Gasteiger partial charge in [-0.15, -0.1) is 0 Å². The number of hydrogen-bond acceptors (Lipinski definition) is 4. The standard InChI is InChI=1S/C28H30F3NO4/c1-3-5-9-24(36-25-16-10-19(11-17-27(33)34)18-26(25)35-4-2)23-8-6-7-22(32-23)20-12-14-21(15-13-20)28(29,30)31/h6-8,10,12-16,18,24H,3-5,9,11,17H2,1-2H3,(H,33,34). The lowest BCUT2D eigenvalue weighted by atomic mass is 10.0. The van der Waals surface area contributed by atoms with Crippen molar-refractivity contribution >= 4 is 5.97 Å². The molecule has 0 aliphatic rings. The number of pyridine rings is 1. The number of alkyl halides is 3. The van der Waals surface area contributed by atoms with Crippen LogP contribution in [-0.2, 0) is 17.4 Å². The van der Waals surface area contributed by atoms with Gasteiger partial charge in [-0.2, -0.15) is 13.2 Å². The maximum Gasteiger partial charge on any atom is 0.416 e. The molecule has 0 fully saturated rings. The Balaban J connectivity index is 1.88. The number of unbranched alkanes of at least 4 members (excludes halogenated alkanes) is 1. The van der Waals surface area contributed by atoms with E-state index in [9.17, 15) is 18.0 Å². The molecule has 5 nitrogen and oxygen atoms in total. The van der Waals surface area contributed by atoms with Gasteiger partial charge in [0.25, 0.3) is 0 Å². The van der Waals surface area contributed by atoms with E-state index in [0.717, 1.165) is 30.5 Å². The molecule has 3 rings (SSSR count). The molecule has 0 saturated heterocycles. The molecule has 1 heterocycles. The van der Waals surface area contributed by atoms with Gasteiger partial charge in [0, 0.05) is 12.0 Å². The fourth-order valence-electron chi connectivity index (χ4n) is 3.76. The Morgan fingerprint density at radius 3 is 2.42 bits per heavy atom. The molecular weight excluding hydrogens is 471 g/mol. The van der Waals surface area contributed by atoms with E-state index in [0.29, 0.717) is 47.9 Å². The summed E-state index contributed by atoms with van der Waals surface area (Å²) in [5, 5.41) is 8.97. The van der Waals surface area contributed by atoms with Crippen LogP contribution in [0.25, 0.3) is 11.3 Å². The lowest BCUT2D eigenvalue weighted by Gasteiger charge is -2.21. The van der Waals surface area contributed by atoms with Gasteiger partial charge in [0.2, 0.25) is 0 Å². The quantitative estimate of drug-likeness (QED) is 0.278. The molecule has 192 valence electrons. The minimum Gasteiger partial charge on any atom is -0.490 e. The number of aryl methyl sites for hydroxylation is 1. The third kappa shape index (κ3) is 7.47. The van der Waals surface area contributed by atoms with Crippen LogP contribution in [0.1, 0.15) is 62.5 Å². The summed E-state index contributed by atoms with van der Waals surface area (Å²) in [4.78, 5) is 15.6. The molecule has 0 spiro atoms. The Hall–Kier alpha value is -3.55. The van der Waals surface area contributed by atoms with E-state index in [2.05, 4.69) is 6.92 Å². The molecule has 2 aromatic carbocycles. The maximum atomic E-state index is 12.9. The summed E-state index contributed by atoms with van der Waals surface area (Å²) in [6.07, 6.45) is -1.87. The van der Waals surface area contributed by atoms with Crippen LogP contribution < -0.4 is 9.47 Å². The van der Waals surface area contributed by atoms with Crippen molar-refractivity contribution in [3.05, 3.63) is 77.5 Å². The lowest BCUT2D eigenvalue weighted by molar-refractivity contribution is -0.138. The Morgan fingerprint density at radius 1 is 1.03 bits per heavy atom. The number of nitrogens with zero attached hydrogens (tertiary/aromatic N) is 1. The topological polar surface area (TPSA) is 68.7 Å². The van der Waals surface area contributed by atoms with Crippen molar-refractivity contribution in [2.24, 2.45) is 0 Å². The Bertz CT molecular complexity index is 1150. The largest absolute Gasteiger partial charge is 0.490 e. The summed E-state index contributed by atoms with van der Waals surface area (Å²) in [5.41, 5.74) is 1.93. The molecule has 1 unspecified atom stereocenters. The zero-order valence-corrected chi connectivity index (χ0v) is 20.3. The highest BCUT2D eigenvalue weighted by atomic mass is 19.4. The van der Waals surface area contributed by atoms with Gasteiger partial charge in [-0.25, -0.2) is 4.98 Å². The minimum absolute atomic E-state index is 0.0194. The van der Waals surface area contributed by atoms with Crippen molar-refractivity contribution in [1.29, 1.82) is 0 Å². The predicted molar refractivity (Wildman–Crippen MR) is 131 cm³/mol. The monoisotopic (exact) mass is 501 g/mol. The fourth-order valence-corrected chi connectivity index (χ4v) is 3.76. The number of aliphatic carboxylic acids is 1. The maximum absolute atomic E-state index is 12.9. The van der Waals surface area contributed by atoms with Gasteiger partial charge >= 0.3 is 12.1 Å². The van der Waals surface area contributed by atoms with Crippen LogP contribution in [0.5, 0.6) is 11.5 Å². The van der Waals surface area contributed by atoms with Crippen LogP contribution in [-0.4, -0.2) is 22.7 Å². The SMILES string of the molecule is CCCCC(Oc1ccc(CCC(=O)O)cc1OCC)c1cccc(-c2ccc(C(F)(F)F)cc2)n1. The first-order valence-electron chi connectivity index (χ1n) is 12.0. The van der Waals surface area contributed by atoms with Gasteiger partial charge in [-0.1, -0.05) is 37.6 Å². The van der Waals surface area contributed by atoms with E-state index in [1.807, 2.05) is 25.1 Å². The first-order valence-corrected chi connectivity index (χ1v) is 12.0. The molecule has 0 aliphatic heterocycles. The molecule has 3 aromatic rings. The number of halogens is 3.